The van der Waals surface area contributed by atoms with Crippen molar-refractivity contribution in [1.82, 2.24) is 20.4 Å². The number of imide groups is 2. The molecule has 0 aromatic heterocycles. The number of anilines is 1. The van der Waals surface area contributed by atoms with Crippen LogP contribution in [0.3, 0.4) is 0 Å². The summed E-state index contributed by atoms with van der Waals surface area (Å²) in [4.78, 5) is 73.0. The first-order valence-electron chi connectivity index (χ1n) is 19.1. The number of rotatable bonds is 8. The van der Waals surface area contributed by atoms with E-state index in [9.17, 15) is 24.0 Å². The van der Waals surface area contributed by atoms with Gasteiger partial charge in [-0.15, -0.1) is 0 Å². The summed E-state index contributed by atoms with van der Waals surface area (Å²) >= 11 is 6.19. The average molecular weight is 763 g/mol. The van der Waals surface area contributed by atoms with E-state index in [1.807, 2.05) is 36.4 Å². The van der Waals surface area contributed by atoms with E-state index in [0.29, 0.717) is 52.2 Å². The quantitative estimate of drug-likeness (QED) is 0.215. The van der Waals surface area contributed by atoms with Crippen LogP contribution in [-0.4, -0.2) is 77.2 Å². The lowest BCUT2D eigenvalue weighted by atomic mass is 9.84. The smallest absolute Gasteiger partial charge is 0.262 e. The molecule has 3 aromatic rings. The minimum absolute atomic E-state index is 0.0134. The summed E-state index contributed by atoms with van der Waals surface area (Å²) in [7, 11) is 0. The molecule has 4 aliphatic heterocycles. The molecule has 12 nitrogen and oxygen atoms in total. The van der Waals surface area contributed by atoms with Crippen molar-refractivity contribution in [3.63, 3.8) is 0 Å². The van der Waals surface area contributed by atoms with E-state index in [4.69, 9.17) is 22.9 Å². The molecular weight excluding hydrogens is 720 g/mol. The number of piperidine rings is 2. The lowest BCUT2D eigenvalue weighted by Crippen LogP contribution is -2.54. The minimum Gasteiger partial charge on any atom is -0.490 e. The van der Waals surface area contributed by atoms with E-state index < -0.39 is 23.8 Å². The molecule has 3 aromatic carbocycles. The highest BCUT2D eigenvalue weighted by Crippen LogP contribution is 2.36. The molecule has 1 saturated carbocycles. The molecule has 2 saturated heterocycles. The lowest BCUT2D eigenvalue weighted by molar-refractivity contribution is -0.136. The molecular formula is C42H43ClN6O6. The highest BCUT2D eigenvalue weighted by Gasteiger charge is 2.45. The van der Waals surface area contributed by atoms with Gasteiger partial charge in [0.25, 0.3) is 17.7 Å². The molecule has 4 heterocycles. The second kappa shape index (κ2) is 15.1. The number of fused-ring (bicyclic) bond motifs is 2. The summed E-state index contributed by atoms with van der Waals surface area (Å²) in [5.41, 5.74) is 4.90. The van der Waals surface area contributed by atoms with Gasteiger partial charge in [0.15, 0.2) is 0 Å². The predicted octanol–water partition coefficient (Wildman–Crippen LogP) is 5.89. The molecule has 5 amide bonds. The molecule has 1 unspecified atom stereocenters. The van der Waals surface area contributed by atoms with Gasteiger partial charge in [-0.1, -0.05) is 24.6 Å². The minimum atomic E-state index is -0.962. The zero-order valence-electron chi connectivity index (χ0n) is 30.7. The Morgan fingerprint density at radius 1 is 0.927 bits per heavy atom. The van der Waals surface area contributed by atoms with Crippen molar-refractivity contribution in [3.05, 3.63) is 98.9 Å². The highest BCUT2D eigenvalue weighted by atomic mass is 35.5. The molecule has 55 heavy (non-hydrogen) atoms. The second-order valence-electron chi connectivity index (χ2n) is 15.6. The van der Waals surface area contributed by atoms with E-state index in [0.717, 1.165) is 73.5 Å². The topological polar surface area (TPSA) is 133 Å². The molecule has 4 atom stereocenters. The third-order valence-electron chi connectivity index (χ3n) is 11.9. The van der Waals surface area contributed by atoms with Crippen molar-refractivity contribution in [2.75, 3.05) is 24.5 Å². The van der Waals surface area contributed by atoms with Crippen LogP contribution in [0, 0.1) is 18.4 Å². The second-order valence-corrected chi connectivity index (χ2v) is 16.0. The number of nitrogens with zero attached hydrogens (tertiary/aromatic N) is 4. The van der Waals surface area contributed by atoms with Crippen LogP contribution in [0.15, 0.2) is 54.6 Å². The summed E-state index contributed by atoms with van der Waals surface area (Å²) in [5.74, 6) is -0.585. The van der Waals surface area contributed by atoms with Crippen molar-refractivity contribution >= 4 is 52.5 Å². The number of halogens is 1. The number of ether oxygens (including phenoxy) is 1. The predicted molar refractivity (Wildman–Crippen MR) is 205 cm³/mol. The van der Waals surface area contributed by atoms with E-state index >= 15 is 0 Å². The van der Waals surface area contributed by atoms with Gasteiger partial charge in [0.05, 0.1) is 22.7 Å². The van der Waals surface area contributed by atoms with E-state index in [2.05, 4.69) is 32.2 Å². The zero-order chi connectivity index (χ0) is 38.4. The maximum absolute atomic E-state index is 13.3. The molecule has 2 N–H and O–H groups in total. The van der Waals surface area contributed by atoms with Crippen molar-refractivity contribution in [2.24, 2.45) is 11.8 Å². The van der Waals surface area contributed by atoms with Crippen LogP contribution < -0.4 is 20.3 Å². The number of nitrogens with one attached hydrogen (secondary N) is 2. The molecule has 0 spiro atoms. The first-order chi connectivity index (χ1) is 26.5. The molecule has 1 aliphatic carbocycles. The molecule has 284 valence electrons. The van der Waals surface area contributed by atoms with Gasteiger partial charge in [-0.2, -0.15) is 0 Å². The van der Waals surface area contributed by atoms with Gasteiger partial charge in [0.1, 0.15) is 17.9 Å². The molecule has 5 aliphatic rings. The van der Waals surface area contributed by atoms with Gasteiger partial charge in [0.2, 0.25) is 17.5 Å². The van der Waals surface area contributed by atoms with Crippen molar-refractivity contribution in [3.8, 4) is 5.75 Å². The largest absolute Gasteiger partial charge is 0.490 e. The van der Waals surface area contributed by atoms with Crippen LogP contribution in [0.4, 0.5) is 11.4 Å². The maximum atomic E-state index is 13.3. The monoisotopic (exact) mass is 762 g/mol. The Kier molecular flexibility index (Phi) is 10.1. The van der Waals surface area contributed by atoms with Crippen molar-refractivity contribution < 1.29 is 28.7 Å². The molecule has 3 fully saturated rings. The highest BCUT2D eigenvalue weighted by molar-refractivity contribution is 6.33. The van der Waals surface area contributed by atoms with Gasteiger partial charge in [-0.25, -0.2) is 4.85 Å². The SMILES string of the molecule is [C-]#[N+]c1ccc(O[C@@H]2CC[C@@H](NC(=O)c3ccc(N4CCC(CN5Cc6cc7c(cc6C5)C(=O)N(C5CCC(=O)NC5=O)C7=O)CC4)cc3)C[C@@H]2C)cc1Cl. The first-order valence-corrected chi connectivity index (χ1v) is 19.5. The van der Waals surface area contributed by atoms with Gasteiger partial charge < -0.3 is 15.0 Å². The van der Waals surface area contributed by atoms with Crippen molar-refractivity contribution in [2.45, 2.75) is 83.1 Å². The third kappa shape index (κ3) is 7.43. The first kappa shape index (κ1) is 36.7. The fourth-order valence-corrected chi connectivity index (χ4v) is 9.11. The lowest BCUT2D eigenvalue weighted by Gasteiger charge is -2.35. The van der Waals surface area contributed by atoms with Crippen LogP contribution in [-0.2, 0) is 22.7 Å². The third-order valence-corrected chi connectivity index (χ3v) is 12.2. The summed E-state index contributed by atoms with van der Waals surface area (Å²) in [6.45, 7) is 13.5. The Labute approximate surface area is 324 Å². The molecule has 13 heteroatoms. The van der Waals surface area contributed by atoms with Crippen LogP contribution in [0.2, 0.25) is 5.02 Å². The van der Waals surface area contributed by atoms with E-state index in [1.165, 1.54) is 0 Å². The summed E-state index contributed by atoms with van der Waals surface area (Å²) < 4.78 is 6.21. The fraction of sp³-hybridized carbons (Fsp3) is 0.429. The fourth-order valence-electron chi connectivity index (χ4n) is 8.90. The van der Waals surface area contributed by atoms with Crippen molar-refractivity contribution in [1.29, 1.82) is 0 Å². The van der Waals surface area contributed by atoms with Crippen LogP contribution in [0.25, 0.3) is 4.85 Å². The summed E-state index contributed by atoms with van der Waals surface area (Å²) in [6, 6.07) is 15.8. The molecule has 8 rings (SSSR count). The molecule has 0 radical (unpaired) electrons. The normalized spacial score (nSPS) is 24.3. The van der Waals surface area contributed by atoms with E-state index in [1.54, 1.807) is 18.2 Å². The Bertz CT molecular complexity index is 2060. The zero-order valence-corrected chi connectivity index (χ0v) is 31.4. The average Bonchev–Trinajstić information content (AvgIpc) is 3.68. The van der Waals surface area contributed by atoms with Crippen LogP contribution in [0.1, 0.15) is 94.1 Å². The summed E-state index contributed by atoms with van der Waals surface area (Å²) in [5, 5.41) is 5.86. The maximum Gasteiger partial charge on any atom is 0.262 e. The number of hydrogen-bond donors (Lipinski definition) is 2. The van der Waals surface area contributed by atoms with Gasteiger partial charge in [-0.3, -0.25) is 39.1 Å². The number of amides is 5. The standard InChI is InChI=1S/C42H43ClN6O6/c1-24-17-29(5-11-37(24)55-31-8-9-35(44-2)34(43)20-31)45-39(51)26-3-6-30(7-4-26)48-15-13-25(14-16-48)21-47-22-27-18-32-33(19-28(27)23-47)42(54)49(41(32)53)36-10-12-38(50)46-40(36)52/h3-4,6-9,18-20,24-25,29,36-37H,5,10-17,21-23H2,1H3,(H,45,51)(H,46,50,52)/t24-,29+,36?,37+/m0/s1. The Hall–Kier alpha value is -5.25. The summed E-state index contributed by atoms with van der Waals surface area (Å²) in [6.07, 6.45) is 4.76. The Balaban J connectivity index is 0.788. The number of carbonyl (C=O) groups excluding carboxylic acids is 5. The number of carbonyl (C=O) groups is 5. The van der Waals surface area contributed by atoms with Gasteiger partial charge in [0, 0.05) is 56.4 Å². The Morgan fingerprint density at radius 2 is 1.62 bits per heavy atom. The number of benzene rings is 3. The van der Waals surface area contributed by atoms with Gasteiger partial charge in [-0.05, 0) is 110 Å². The molecule has 0 bridgehead atoms. The van der Waals surface area contributed by atoms with Crippen LogP contribution in [0.5, 0.6) is 5.75 Å². The Morgan fingerprint density at radius 3 is 2.24 bits per heavy atom. The van der Waals surface area contributed by atoms with Crippen LogP contribution >= 0.6 is 11.6 Å². The van der Waals surface area contributed by atoms with E-state index in [-0.39, 0.29) is 42.7 Å². The van der Waals surface area contributed by atoms with Gasteiger partial charge >= 0.3 is 0 Å². The number of hydrogen-bond acceptors (Lipinski definition) is 8.